The van der Waals surface area contributed by atoms with Gasteiger partial charge in [0.25, 0.3) is 0 Å². The van der Waals surface area contributed by atoms with Crippen LogP contribution in [0.2, 0.25) is 0 Å². The standard InChI is InChI=1S/C28H34N2O4/c1-29-20-9-10-28(32)22-15-19-7-8-21(33-16-18-5-3-2-4-6-18)24-23(19)27(28,25(20)34-24)13-14-30(22)17-26(31)11-12-26/h2-8,20,22,25,29,31-32H,9-17H2,1H3/t20-,22?,25-,27-,28+/m0/s1. The highest BCUT2D eigenvalue weighted by Gasteiger charge is 2.73. The fourth-order valence-corrected chi connectivity index (χ4v) is 7.63. The zero-order valence-corrected chi connectivity index (χ0v) is 19.8. The van der Waals surface area contributed by atoms with E-state index in [-0.39, 0.29) is 18.2 Å². The number of likely N-dealkylation sites (tertiary alicyclic amines) is 1. The SMILES string of the molecule is CN[C@H]1CC[C@@]2(O)C3Cc4ccc(OCc5ccccc5)c5c4[C@@]2(CCN3CC2(O)CC2)[C@H]1O5. The van der Waals surface area contributed by atoms with Crippen molar-refractivity contribution >= 4 is 0 Å². The van der Waals surface area contributed by atoms with Crippen LogP contribution in [-0.2, 0) is 18.4 Å². The molecular weight excluding hydrogens is 428 g/mol. The molecule has 180 valence electrons. The summed E-state index contributed by atoms with van der Waals surface area (Å²) in [5, 5.41) is 26.7. The molecular formula is C28H34N2O4. The van der Waals surface area contributed by atoms with Crippen molar-refractivity contribution in [2.75, 3.05) is 20.1 Å². The molecule has 3 fully saturated rings. The number of hydrogen-bond acceptors (Lipinski definition) is 6. The van der Waals surface area contributed by atoms with Gasteiger partial charge < -0.3 is 25.0 Å². The number of ether oxygens (including phenoxy) is 2. The number of β-amino-alcohol motifs (C(OH)–C–C–N with tert-alkyl or cyclic N) is 1. The van der Waals surface area contributed by atoms with Gasteiger partial charge in [0, 0.05) is 24.2 Å². The van der Waals surface area contributed by atoms with Crippen molar-refractivity contribution in [3.63, 3.8) is 0 Å². The van der Waals surface area contributed by atoms with Gasteiger partial charge in [0.15, 0.2) is 11.5 Å². The Kier molecular flexibility index (Phi) is 4.49. The Balaban J connectivity index is 1.31. The van der Waals surface area contributed by atoms with E-state index < -0.39 is 16.6 Å². The quantitative estimate of drug-likeness (QED) is 0.613. The minimum atomic E-state index is -0.870. The van der Waals surface area contributed by atoms with Gasteiger partial charge in [-0.3, -0.25) is 4.90 Å². The fourth-order valence-electron chi connectivity index (χ4n) is 7.63. The summed E-state index contributed by atoms with van der Waals surface area (Å²) in [7, 11) is 2.00. The van der Waals surface area contributed by atoms with Crippen molar-refractivity contribution in [1.82, 2.24) is 10.2 Å². The lowest BCUT2D eigenvalue weighted by molar-refractivity contribution is -0.194. The van der Waals surface area contributed by atoms with Gasteiger partial charge in [0.1, 0.15) is 12.7 Å². The first-order chi connectivity index (χ1) is 16.5. The van der Waals surface area contributed by atoms with Crippen LogP contribution in [0.1, 0.15) is 48.8 Å². The highest BCUT2D eigenvalue weighted by molar-refractivity contribution is 5.63. The number of nitrogens with zero attached hydrogens (tertiary/aromatic N) is 1. The molecule has 6 heteroatoms. The first-order valence-corrected chi connectivity index (χ1v) is 12.8. The molecule has 0 aromatic heterocycles. The van der Waals surface area contributed by atoms with E-state index in [0.29, 0.717) is 13.2 Å². The zero-order chi connectivity index (χ0) is 23.1. The lowest BCUT2D eigenvalue weighted by atomic mass is 9.48. The molecule has 2 aromatic rings. The van der Waals surface area contributed by atoms with Crippen LogP contribution in [0.4, 0.5) is 0 Å². The molecule has 7 rings (SSSR count). The molecule has 1 unspecified atom stereocenters. The summed E-state index contributed by atoms with van der Waals surface area (Å²) in [5.74, 6) is 1.61. The van der Waals surface area contributed by atoms with E-state index in [1.807, 2.05) is 25.2 Å². The van der Waals surface area contributed by atoms with Gasteiger partial charge in [-0.25, -0.2) is 0 Å². The molecule has 2 bridgehead atoms. The van der Waals surface area contributed by atoms with E-state index in [2.05, 4.69) is 34.5 Å². The number of piperidine rings is 1. The van der Waals surface area contributed by atoms with Gasteiger partial charge in [0.2, 0.25) is 0 Å². The Morgan fingerprint density at radius 1 is 1.09 bits per heavy atom. The molecule has 3 aliphatic carbocycles. The van der Waals surface area contributed by atoms with E-state index >= 15 is 0 Å². The number of likely N-dealkylation sites (N-methyl/N-ethyl adjacent to an activating group) is 1. The summed E-state index contributed by atoms with van der Waals surface area (Å²) in [6, 6.07) is 14.6. The average Bonchev–Trinajstić information content (AvgIpc) is 3.46. The van der Waals surface area contributed by atoms with Crippen molar-refractivity contribution in [1.29, 1.82) is 0 Å². The van der Waals surface area contributed by atoms with Crippen LogP contribution in [0, 0.1) is 0 Å². The van der Waals surface area contributed by atoms with Crippen LogP contribution < -0.4 is 14.8 Å². The summed E-state index contributed by atoms with van der Waals surface area (Å²) in [4.78, 5) is 2.38. The van der Waals surface area contributed by atoms with Gasteiger partial charge in [0.05, 0.1) is 16.6 Å². The third kappa shape index (κ3) is 2.77. The number of benzene rings is 2. The van der Waals surface area contributed by atoms with E-state index in [1.54, 1.807) is 0 Å². The molecule has 5 atom stereocenters. The second kappa shape index (κ2) is 7.20. The molecule has 2 aromatic carbocycles. The maximum Gasteiger partial charge on any atom is 0.166 e. The molecule has 5 aliphatic rings. The second-order valence-electron chi connectivity index (χ2n) is 11.2. The lowest BCUT2D eigenvalue weighted by Gasteiger charge is -2.64. The van der Waals surface area contributed by atoms with Crippen molar-refractivity contribution in [2.24, 2.45) is 0 Å². The molecule has 2 heterocycles. The van der Waals surface area contributed by atoms with Gasteiger partial charge in [-0.05, 0) is 69.3 Å². The maximum atomic E-state index is 12.5. The number of aliphatic hydroxyl groups is 2. The number of hydrogen-bond donors (Lipinski definition) is 3. The van der Waals surface area contributed by atoms with Crippen LogP contribution in [0.15, 0.2) is 42.5 Å². The summed E-state index contributed by atoms with van der Waals surface area (Å²) < 4.78 is 13.1. The summed E-state index contributed by atoms with van der Waals surface area (Å²) in [5.41, 5.74) is 1.70. The Morgan fingerprint density at radius 2 is 1.91 bits per heavy atom. The third-order valence-corrected chi connectivity index (χ3v) is 9.49. The minimum Gasteiger partial charge on any atom is -0.485 e. The molecule has 3 N–H and O–H groups in total. The van der Waals surface area contributed by atoms with Crippen LogP contribution >= 0.6 is 0 Å². The van der Waals surface area contributed by atoms with Crippen molar-refractivity contribution in [3.8, 4) is 11.5 Å². The van der Waals surface area contributed by atoms with Crippen LogP contribution in [-0.4, -0.2) is 64.6 Å². The second-order valence-corrected chi connectivity index (χ2v) is 11.2. The zero-order valence-electron chi connectivity index (χ0n) is 19.8. The van der Waals surface area contributed by atoms with Gasteiger partial charge in [-0.15, -0.1) is 0 Å². The summed E-state index contributed by atoms with van der Waals surface area (Å²) in [6.07, 6.45) is 4.85. The third-order valence-electron chi connectivity index (χ3n) is 9.49. The Bertz CT molecular complexity index is 1120. The molecule has 1 spiro atoms. The van der Waals surface area contributed by atoms with E-state index in [0.717, 1.165) is 62.1 Å². The molecule has 34 heavy (non-hydrogen) atoms. The smallest absolute Gasteiger partial charge is 0.166 e. The average molecular weight is 463 g/mol. The van der Waals surface area contributed by atoms with Crippen LogP contribution in [0.25, 0.3) is 0 Å². The molecule has 6 nitrogen and oxygen atoms in total. The number of nitrogens with one attached hydrogen (secondary N) is 1. The first-order valence-electron chi connectivity index (χ1n) is 12.8. The van der Waals surface area contributed by atoms with Crippen LogP contribution in [0.5, 0.6) is 11.5 Å². The van der Waals surface area contributed by atoms with E-state index in [9.17, 15) is 10.2 Å². The summed E-state index contributed by atoms with van der Waals surface area (Å²) >= 11 is 0. The minimum absolute atomic E-state index is 0.00400. The van der Waals surface area contributed by atoms with E-state index in [4.69, 9.17) is 9.47 Å². The van der Waals surface area contributed by atoms with Crippen molar-refractivity contribution in [2.45, 2.75) is 79.9 Å². The lowest BCUT2D eigenvalue weighted by Crippen LogP contribution is -2.78. The Morgan fingerprint density at radius 3 is 2.68 bits per heavy atom. The topological polar surface area (TPSA) is 74.2 Å². The highest BCUT2D eigenvalue weighted by atomic mass is 16.5. The molecule has 1 saturated heterocycles. The molecule has 2 saturated carbocycles. The van der Waals surface area contributed by atoms with Gasteiger partial charge >= 0.3 is 0 Å². The Hall–Kier alpha value is -2.12. The predicted octanol–water partition coefficient (Wildman–Crippen LogP) is 2.53. The molecule has 0 amide bonds. The fraction of sp³-hybridized carbons (Fsp3) is 0.571. The van der Waals surface area contributed by atoms with Gasteiger partial charge in [-0.2, -0.15) is 0 Å². The van der Waals surface area contributed by atoms with Crippen LogP contribution in [0.3, 0.4) is 0 Å². The highest BCUT2D eigenvalue weighted by Crippen LogP contribution is 2.65. The van der Waals surface area contributed by atoms with Gasteiger partial charge in [-0.1, -0.05) is 36.4 Å². The predicted molar refractivity (Wildman–Crippen MR) is 128 cm³/mol. The molecule has 2 aliphatic heterocycles. The molecule has 0 radical (unpaired) electrons. The monoisotopic (exact) mass is 462 g/mol. The maximum absolute atomic E-state index is 12.5. The van der Waals surface area contributed by atoms with Crippen molar-refractivity contribution < 1.29 is 19.7 Å². The largest absolute Gasteiger partial charge is 0.485 e. The summed E-state index contributed by atoms with van der Waals surface area (Å²) in [6.45, 7) is 2.03. The van der Waals surface area contributed by atoms with E-state index in [1.165, 1.54) is 11.1 Å². The Labute approximate surface area is 200 Å². The number of rotatable bonds is 6. The normalized spacial score (nSPS) is 36.5. The first kappa shape index (κ1) is 21.2. The van der Waals surface area contributed by atoms with Crippen molar-refractivity contribution in [3.05, 3.63) is 59.2 Å².